The lowest BCUT2D eigenvalue weighted by atomic mass is 10.1. The van der Waals surface area contributed by atoms with Gasteiger partial charge < -0.3 is 9.88 Å². The van der Waals surface area contributed by atoms with Crippen molar-refractivity contribution < 1.29 is 4.79 Å². The molecule has 1 aliphatic heterocycles. The van der Waals surface area contributed by atoms with E-state index in [4.69, 9.17) is 0 Å². The molecule has 144 valence electrons. The quantitative estimate of drug-likeness (QED) is 0.635. The van der Waals surface area contributed by atoms with Crippen LogP contribution in [-0.4, -0.2) is 20.7 Å². The molecule has 1 N–H and O–H groups in total. The van der Waals surface area contributed by atoms with Crippen molar-refractivity contribution in [2.75, 3.05) is 5.32 Å². The van der Waals surface area contributed by atoms with Crippen molar-refractivity contribution >= 4 is 23.4 Å². The molecule has 1 amide bonds. The highest BCUT2D eigenvalue weighted by molar-refractivity contribution is 8.00. The van der Waals surface area contributed by atoms with Gasteiger partial charge in [0.05, 0.1) is 0 Å². The SMILES string of the molecule is Cc1ccc(NC(=O)[C@@H](Sc2nnc3n2CCCCC3)c2ccccc2)cc1. The number of benzene rings is 2. The molecular weight excluding hydrogens is 368 g/mol. The second-order valence-electron chi connectivity index (χ2n) is 7.12. The van der Waals surface area contributed by atoms with Gasteiger partial charge in [0, 0.05) is 18.7 Å². The fourth-order valence-corrected chi connectivity index (χ4v) is 4.48. The number of amides is 1. The van der Waals surface area contributed by atoms with Gasteiger partial charge in [-0.2, -0.15) is 0 Å². The largest absolute Gasteiger partial charge is 0.325 e. The number of aromatic nitrogens is 3. The van der Waals surface area contributed by atoms with Gasteiger partial charge >= 0.3 is 0 Å². The molecule has 2 aromatic carbocycles. The molecule has 0 bridgehead atoms. The van der Waals surface area contributed by atoms with Crippen molar-refractivity contribution in [3.8, 4) is 0 Å². The van der Waals surface area contributed by atoms with E-state index in [9.17, 15) is 4.79 Å². The topological polar surface area (TPSA) is 59.8 Å². The van der Waals surface area contributed by atoms with E-state index in [1.807, 2.05) is 61.5 Å². The first-order chi connectivity index (χ1) is 13.7. The van der Waals surface area contributed by atoms with Crippen LogP contribution in [0.3, 0.4) is 0 Å². The summed E-state index contributed by atoms with van der Waals surface area (Å²) in [5.74, 6) is 0.983. The van der Waals surface area contributed by atoms with Crippen molar-refractivity contribution in [1.29, 1.82) is 0 Å². The lowest BCUT2D eigenvalue weighted by Gasteiger charge is -2.17. The van der Waals surface area contributed by atoms with Crippen LogP contribution in [0.15, 0.2) is 59.8 Å². The van der Waals surface area contributed by atoms with Gasteiger partial charge in [0.1, 0.15) is 11.1 Å². The predicted octanol–water partition coefficient (Wildman–Crippen LogP) is 4.79. The summed E-state index contributed by atoms with van der Waals surface area (Å²) in [5.41, 5.74) is 2.93. The molecule has 0 saturated carbocycles. The number of aryl methyl sites for hydroxylation is 2. The number of nitrogens with one attached hydrogen (secondary N) is 1. The highest BCUT2D eigenvalue weighted by atomic mass is 32.2. The van der Waals surface area contributed by atoms with Crippen molar-refractivity contribution in [1.82, 2.24) is 14.8 Å². The third-order valence-electron chi connectivity index (χ3n) is 4.96. The summed E-state index contributed by atoms with van der Waals surface area (Å²) in [6.45, 7) is 2.96. The zero-order valence-corrected chi connectivity index (χ0v) is 16.8. The van der Waals surface area contributed by atoms with E-state index in [-0.39, 0.29) is 11.2 Å². The Morgan fingerprint density at radius 2 is 1.82 bits per heavy atom. The van der Waals surface area contributed by atoms with E-state index >= 15 is 0 Å². The molecule has 4 rings (SSSR count). The molecule has 1 aromatic heterocycles. The van der Waals surface area contributed by atoms with E-state index in [0.29, 0.717) is 0 Å². The van der Waals surface area contributed by atoms with Crippen LogP contribution >= 0.6 is 11.8 Å². The Morgan fingerprint density at radius 3 is 2.61 bits per heavy atom. The fraction of sp³-hybridized carbons (Fsp3) is 0.318. The van der Waals surface area contributed by atoms with E-state index in [0.717, 1.165) is 53.6 Å². The minimum absolute atomic E-state index is 0.0500. The predicted molar refractivity (Wildman–Crippen MR) is 112 cm³/mol. The summed E-state index contributed by atoms with van der Waals surface area (Å²) >= 11 is 1.48. The molecule has 0 unspecified atom stereocenters. The molecule has 0 radical (unpaired) electrons. The van der Waals surface area contributed by atoms with E-state index < -0.39 is 0 Å². The number of carbonyl (C=O) groups excluding carboxylic acids is 1. The summed E-state index contributed by atoms with van der Waals surface area (Å²) in [6, 6.07) is 17.7. The van der Waals surface area contributed by atoms with Crippen LogP contribution in [0.1, 0.15) is 41.5 Å². The lowest BCUT2D eigenvalue weighted by Crippen LogP contribution is -2.19. The Bertz CT molecular complexity index is 937. The Kier molecular flexibility index (Phi) is 5.76. The zero-order valence-electron chi connectivity index (χ0n) is 16.0. The summed E-state index contributed by atoms with van der Waals surface area (Å²) in [6.07, 6.45) is 4.45. The Balaban J connectivity index is 1.60. The number of carbonyl (C=O) groups is 1. The molecule has 3 aromatic rings. The van der Waals surface area contributed by atoms with Crippen LogP contribution < -0.4 is 5.32 Å². The molecule has 0 fully saturated rings. The van der Waals surface area contributed by atoms with Gasteiger partial charge in [-0.15, -0.1) is 10.2 Å². The molecule has 1 aliphatic rings. The maximum atomic E-state index is 13.2. The van der Waals surface area contributed by atoms with Crippen LogP contribution in [-0.2, 0) is 17.8 Å². The average Bonchev–Trinajstić information content (AvgIpc) is 2.94. The molecule has 0 saturated heterocycles. The number of thioether (sulfide) groups is 1. The first-order valence-electron chi connectivity index (χ1n) is 9.72. The summed E-state index contributed by atoms with van der Waals surface area (Å²) < 4.78 is 2.19. The molecule has 2 heterocycles. The molecule has 0 spiro atoms. The van der Waals surface area contributed by atoms with E-state index in [2.05, 4.69) is 20.1 Å². The Morgan fingerprint density at radius 1 is 1.04 bits per heavy atom. The van der Waals surface area contributed by atoms with Crippen LogP contribution in [0, 0.1) is 6.92 Å². The molecule has 0 aliphatic carbocycles. The smallest absolute Gasteiger partial charge is 0.242 e. The van der Waals surface area contributed by atoms with Crippen LogP contribution in [0.5, 0.6) is 0 Å². The second-order valence-corrected chi connectivity index (χ2v) is 8.20. The number of hydrogen-bond acceptors (Lipinski definition) is 4. The van der Waals surface area contributed by atoms with Crippen LogP contribution in [0.25, 0.3) is 0 Å². The summed E-state index contributed by atoms with van der Waals surface area (Å²) in [4.78, 5) is 13.2. The van der Waals surface area contributed by atoms with Gasteiger partial charge in [0.25, 0.3) is 0 Å². The lowest BCUT2D eigenvalue weighted by molar-refractivity contribution is -0.115. The highest BCUT2D eigenvalue weighted by Gasteiger charge is 2.26. The van der Waals surface area contributed by atoms with Crippen molar-refractivity contribution in [2.45, 2.75) is 49.6 Å². The van der Waals surface area contributed by atoms with E-state index in [1.165, 1.54) is 18.2 Å². The number of hydrogen-bond donors (Lipinski definition) is 1. The summed E-state index contributed by atoms with van der Waals surface area (Å²) in [7, 11) is 0. The second kappa shape index (κ2) is 8.61. The number of fused-ring (bicyclic) bond motifs is 1. The molecule has 6 heteroatoms. The maximum Gasteiger partial charge on any atom is 0.242 e. The Labute approximate surface area is 169 Å². The third-order valence-corrected chi connectivity index (χ3v) is 6.19. The van der Waals surface area contributed by atoms with Gasteiger partial charge in [0.2, 0.25) is 5.91 Å². The zero-order chi connectivity index (χ0) is 19.3. The normalized spacial score (nSPS) is 14.8. The van der Waals surface area contributed by atoms with Gasteiger partial charge in [0.15, 0.2) is 5.16 Å². The van der Waals surface area contributed by atoms with E-state index in [1.54, 1.807) is 0 Å². The first-order valence-corrected chi connectivity index (χ1v) is 10.6. The van der Waals surface area contributed by atoms with Gasteiger partial charge in [-0.3, -0.25) is 4.79 Å². The van der Waals surface area contributed by atoms with Gasteiger partial charge in [-0.1, -0.05) is 66.2 Å². The first kappa shape index (κ1) is 18.7. The molecular formula is C22H24N4OS. The number of rotatable bonds is 5. The third kappa shape index (κ3) is 4.28. The Hall–Kier alpha value is -2.60. The fourth-order valence-electron chi connectivity index (χ4n) is 3.40. The standard InChI is InChI=1S/C22H24N4OS/c1-16-11-13-18(14-12-16)23-21(27)20(17-8-4-2-5-9-17)28-22-25-24-19-10-6-3-7-15-26(19)22/h2,4-5,8-9,11-14,20H,3,6-7,10,15H2,1H3,(H,23,27)/t20-/m0/s1. The monoisotopic (exact) mass is 392 g/mol. The highest BCUT2D eigenvalue weighted by Crippen LogP contribution is 2.36. The number of anilines is 1. The maximum absolute atomic E-state index is 13.2. The van der Waals surface area contributed by atoms with Gasteiger partial charge in [-0.05, 0) is 37.5 Å². The van der Waals surface area contributed by atoms with Gasteiger partial charge in [-0.25, -0.2) is 0 Å². The minimum Gasteiger partial charge on any atom is -0.325 e. The van der Waals surface area contributed by atoms with Crippen LogP contribution in [0.4, 0.5) is 5.69 Å². The summed E-state index contributed by atoms with van der Waals surface area (Å²) in [5, 5.41) is 12.3. The van der Waals surface area contributed by atoms with Crippen molar-refractivity contribution in [3.05, 3.63) is 71.5 Å². The van der Waals surface area contributed by atoms with Crippen LogP contribution in [0.2, 0.25) is 0 Å². The molecule has 5 nitrogen and oxygen atoms in total. The molecule has 28 heavy (non-hydrogen) atoms. The average molecular weight is 393 g/mol. The molecule has 1 atom stereocenters. The minimum atomic E-state index is -0.390. The van der Waals surface area contributed by atoms with Crippen molar-refractivity contribution in [2.24, 2.45) is 0 Å². The number of nitrogens with zero attached hydrogens (tertiary/aromatic N) is 3. The van der Waals surface area contributed by atoms with Crippen molar-refractivity contribution in [3.63, 3.8) is 0 Å².